The van der Waals surface area contributed by atoms with Crippen molar-refractivity contribution in [3.63, 3.8) is 0 Å². The maximum Gasteiger partial charge on any atom is 0.359 e. The van der Waals surface area contributed by atoms with E-state index in [9.17, 15) is 0 Å². The van der Waals surface area contributed by atoms with Gasteiger partial charge in [0.15, 0.2) is 16.6 Å². The van der Waals surface area contributed by atoms with Crippen LogP contribution >= 0.6 is 0 Å². The number of hydrogen-bond acceptors (Lipinski definition) is 2. The highest BCUT2D eigenvalue weighted by atomic mass is 28.4. The second-order valence-electron chi connectivity index (χ2n) is 5.18. The average Bonchev–Trinajstić information content (AvgIpc) is 2.42. The van der Waals surface area contributed by atoms with Crippen LogP contribution in [0.3, 0.4) is 0 Å². The maximum atomic E-state index is 6.50. The molecule has 1 radical (unpaired) electrons. The van der Waals surface area contributed by atoms with E-state index in [4.69, 9.17) is 8.23 Å². The van der Waals surface area contributed by atoms with E-state index in [1.165, 1.54) is 36.3 Å². The molecule has 0 aliphatic rings. The molecule has 109 valence electrons. The SMILES string of the molecule is CC[Si](CC)(CC)O[Si](C)O[Si](CC)(CC)CC. The van der Waals surface area contributed by atoms with Crippen LogP contribution in [0.1, 0.15) is 41.5 Å². The molecule has 0 saturated carbocycles. The van der Waals surface area contributed by atoms with Crippen molar-refractivity contribution in [1.82, 2.24) is 0 Å². The van der Waals surface area contributed by atoms with Crippen molar-refractivity contribution in [3.05, 3.63) is 0 Å². The number of hydrogen-bond donors (Lipinski definition) is 0. The van der Waals surface area contributed by atoms with Crippen LogP contribution in [0.15, 0.2) is 0 Å². The summed E-state index contributed by atoms with van der Waals surface area (Å²) in [5, 5.41) is 0. The first kappa shape index (κ1) is 18.6. The lowest BCUT2D eigenvalue weighted by molar-refractivity contribution is 0.408. The van der Waals surface area contributed by atoms with Gasteiger partial charge in [-0.05, 0) is 42.8 Å². The van der Waals surface area contributed by atoms with Gasteiger partial charge in [0.2, 0.25) is 0 Å². The van der Waals surface area contributed by atoms with Gasteiger partial charge >= 0.3 is 9.28 Å². The zero-order valence-electron chi connectivity index (χ0n) is 13.6. The van der Waals surface area contributed by atoms with Gasteiger partial charge in [0.1, 0.15) is 0 Å². The van der Waals surface area contributed by atoms with Crippen molar-refractivity contribution in [2.45, 2.75) is 84.4 Å². The largest absolute Gasteiger partial charge is 0.435 e. The molecule has 0 aromatic carbocycles. The molecule has 0 spiro atoms. The molecule has 0 rings (SSSR count). The molecule has 0 fully saturated rings. The minimum atomic E-state index is -1.48. The van der Waals surface area contributed by atoms with Crippen molar-refractivity contribution in [1.29, 1.82) is 0 Å². The predicted molar refractivity (Wildman–Crippen MR) is 88.2 cm³/mol. The summed E-state index contributed by atoms with van der Waals surface area (Å²) in [6, 6.07) is 7.36. The summed E-state index contributed by atoms with van der Waals surface area (Å²) in [6.45, 7) is 16.0. The Balaban J connectivity index is 4.61. The molecular weight excluding hydrogens is 272 g/mol. The predicted octanol–water partition coefficient (Wildman–Crippen LogP) is 5.15. The molecule has 0 aliphatic heterocycles. The fraction of sp³-hybridized carbons (Fsp3) is 1.00. The molecule has 0 atom stereocenters. The lowest BCUT2D eigenvalue weighted by Gasteiger charge is -2.36. The summed E-state index contributed by atoms with van der Waals surface area (Å²) in [4.78, 5) is 0. The van der Waals surface area contributed by atoms with E-state index < -0.39 is 25.9 Å². The van der Waals surface area contributed by atoms with Gasteiger partial charge in [-0.2, -0.15) is 0 Å². The van der Waals surface area contributed by atoms with Crippen LogP contribution in [0, 0.1) is 0 Å². The summed E-state index contributed by atoms with van der Waals surface area (Å²) in [5.41, 5.74) is 0. The molecule has 2 nitrogen and oxygen atoms in total. The molecule has 0 bridgehead atoms. The van der Waals surface area contributed by atoms with Crippen LogP contribution < -0.4 is 0 Å². The van der Waals surface area contributed by atoms with Gasteiger partial charge in [-0.3, -0.25) is 0 Å². The minimum Gasteiger partial charge on any atom is -0.435 e. The van der Waals surface area contributed by atoms with Crippen molar-refractivity contribution in [2.75, 3.05) is 0 Å². The van der Waals surface area contributed by atoms with Crippen LogP contribution in [-0.2, 0) is 8.23 Å². The van der Waals surface area contributed by atoms with Crippen LogP contribution in [0.25, 0.3) is 0 Å². The lowest BCUT2D eigenvalue weighted by atomic mass is 10.9. The summed E-state index contributed by atoms with van der Waals surface area (Å²) in [6.07, 6.45) is 0. The topological polar surface area (TPSA) is 18.5 Å². The van der Waals surface area contributed by atoms with Crippen LogP contribution in [-0.4, -0.2) is 25.9 Å². The van der Waals surface area contributed by atoms with Crippen molar-refractivity contribution in [2.24, 2.45) is 0 Å². The van der Waals surface area contributed by atoms with E-state index in [0.29, 0.717) is 0 Å². The summed E-state index contributed by atoms with van der Waals surface area (Å²) >= 11 is 0. The molecule has 0 unspecified atom stereocenters. The average molecular weight is 306 g/mol. The molecule has 0 aliphatic carbocycles. The monoisotopic (exact) mass is 305 g/mol. The Kier molecular flexibility index (Phi) is 8.96. The van der Waals surface area contributed by atoms with E-state index in [-0.39, 0.29) is 0 Å². The van der Waals surface area contributed by atoms with Crippen LogP contribution in [0.2, 0.25) is 42.8 Å². The standard InChI is InChI=1S/C13H33O2Si3/c1-8-17(9-2,10-3)14-16(7)15-18(11-4,12-5)13-6/h8-13H2,1-7H3. The second kappa shape index (κ2) is 8.68. The Hall–Kier alpha value is 0.571. The third-order valence-corrected chi connectivity index (χ3v) is 18.1. The zero-order chi connectivity index (χ0) is 14.2. The summed E-state index contributed by atoms with van der Waals surface area (Å²) in [7, 11) is -4.00. The molecule has 18 heavy (non-hydrogen) atoms. The Labute approximate surface area is 119 Å². The quantitative estimate of drug-likeness (QED) is 0.520. The highest BCUT2D eigenvalue weighted by molar-refractivity contribution is 6.83. The van der Waals surface area contributed by atoms with Crippen molar-refractivity contribution < 1.29 is 8.23 Å². The van der Waals surface area contributed by atoms with Gasteiger partial charge in [0, 0.05) is 0 Å². The Morgan fingerprint density at radius 2 is 0.833 bits per heavy atom. The highest BCUT2D eigenvalue weighted by Crippen LogP contribution is 2.27. The maximum absolute atomic E-state index is 6.50. The first-order chi connectivity index (χ1) is 8.46. The van der Waals surface area contributed by atoms with Crippen molar-refractivity contribution in [3.8, 4) is 0 Å². The van der Waals surface area contributed by atoms with E-state index >= 15 is 0 Å². The smallest absolute Gasteiger partial charge is 0.359 e. The van der Waals surface area contributed by atoms with E-state index in [1.54, 1.807) is 0 Å². The molecule has 0 amide bonds. The van der Waals surface area contributed by atoms with Gasteiger partial charge in [0.25, 0.3) is 0 Å². The molecule has 0 heterocycles. The third kappa shape index (κ3) is 4.92. The fourth-order valence-electron chi connectivity index (χ4n) is 2.56. The Morgan fingerprint density at radius 1 is 0.611 bits per heavy atom. The molecular formula is C13H33O2Si3. The van der Waals surface area contributed by atoms with E-state index in [2.05, 4.69) is 48.1 Å². The highest BCUT2D eigenvalue weighted by Gasteiger charge is 2.37. The van der Waals surface area contributed by atoms with Crippen LogP contribution in [0.5, 0.6) is 0 Å². The molecule has 0 N–H and O–H groups in total. The van der Waals surface area contributed by atoms with E-state index in [1.807, 2.05) is 0 Å². The summed E-state index contributed by atoms with van der Waals surface area (Å²) < 4.78 is 13.0. The zero-order valence-corrected chi connectivity index (χ0v) is 16.6. The molecule has 5 heteroatoms. The van der Waals surface area contributed by atoms with Gasteiger partial charge in [-0.15, -0.1) is 0 Å². The number of rotatable bonds is 10. The molecule has 0 aromatic rings. The van der Waals surface area contributed by atoms with Gasteiger partial charge in [0.05, 0.1) is 0 Å². The molecule has 0 aromatic heterocycles. The van der Waals surface area contributed by atoms with Gasteiger partial charge in [-0.1, -0.05) is 41.5 Å². The normalized spacial score (nSPS) is 13.3. The Bertz CT molecular complexity index is 178. The van der Waals surface area contributed by atoms with Gasteiger partial charge < -0.3 is 8.23 Å². The van der Waals surface area contributed by atoms with Gasteiger partial charge in [-0.25, -0.2) is 0 Å². The lowest BCUT2D eigenvalue weighted by Crippen LogP contribution is -2.48. The van der Waals surface area contributed by atoms with Crippen LogP contribution in [0.4, 0.5) is 0 Å². The minimum absolute atomic E-state index is 1.05. The Morgan fingerprint density at radius 3 is 1.00 bits per heavy atom. The second-order valence-corrected chi connectivity index (χ2v) is 16.8. The fourth-order valence-corrected chi connectivity index (χ4v) is 14.4. The first-order valence-electron chi connectivity index (χ1n) is 7.68. The van der Waals surface area contributed by atoms with E-state index in [0.717, 1.165) is 0 Å². The third-order valence-electron chi connectivity index (χ3n) is 4.59. The molecule has 0 saturated heterocycles. The first-order valence-corrected chi connectivity index (χ1v) is 14.6. The summed E-state index contributed by atoms with van der Waals surface area (Å²) in [5.74, 6) is 0. The van der Waals surface area contributed by atoms with Crippen molar-refractivity contribution >= 4 is 25.9 Å².